The van der Waals surface area contributed by atoms with Gasteiger partial charge in [0.2, 0.25) is 0 Å². The molecule has 0 fully saturated rings. The lowest BCUT2D eigenvalue weighted by molar-refractivity contribution is 0.401. The summed E-state index contributed by atoms with van der Waals surface area (Å²) in [5.74, 6) is 0.744. The van der Waals surface area contributed by atoms with Gasteiger partial charge in [-0.25, -0.2) is 0 Å². The van der Waals surface area contributed by atoms with E-state index in [9.17, 15) is 0 Å². The lowest BCUT2D eigenvalue weighted by Crippen LogP contribution is -2.19. The van der Waals surface area contributed by atoms with Gasteiger partial charge in [-0.05, 0) is 25.0 Å². The highest BCUT2D eigenvalue weighted by molar-refractivity contribution is 5.29. The van der Waals surface area contributed by atoms with Crippen LogP contribution in [0.4, 0.5) is 0 Å². The van der Waals surface area contributed by atoms with Crippen LogP contribution in [0, 0.1) is 0 Å². The van der Waals surface area contributed by atoms with E-state index < -0.39 is 0 Å². The minimum atomic E-state index is -0.147. The Labute approximate surface area is 107 Å². The van der Waals surface area contributed by atoms with Crippen LogP contribution in [0.3, 0.4) is 0 Å². The van der Waals surface area contributed by atoms with Crippen molar-refractivity contribution in [1.29, 1.82) is 0 Å². The summed E-state index contributed by atoms with van der Waals surface area (Å²) in [5.41, 5.74) is 8.30. The highest BCUT2D eigenvalue weighted by atomic mass is 16.5. The average molecular weight is 246 g/mol. The minimum Gasteiger partial charge on any atom is -0.493 e. The Balaban J connectivity index is 2.22. The fourth-order valence-corrected chi connectivity index (χ4v) is 2.03. The molecule has 2 N–H and O–H groups in total. The van der Waals surface area contributed by atoms with E-state index in [0.717, 1.165) is 30.0 Å². The van der Waals surface area contributed by atoms with Crippen LogP contribution in [0.15, 0.2) is 30.7 Å². The number of hydrogen-bond acceptors (Lipinski definition) is 4. The maximum absolute atomic E-state index is 6.26. The Bertz CT molecular complexity index is 473. The third kappa shape index (κ3) is 2.51. The zero-order chi connectivity index (χ0) is 13.0. The smallest absolute Gasteiger partial charge is 0.161 e. The van der Waals surface area contributed by atoms with Gasteiger partial charge in [-0.1, -0.05) is 6.07 Å². The van der Waals surface area contributed by atoms with E-state index in [1.165, 1.54) is 0 Å². The van der Waals surface area contributed by atoms with Crippen molar-refractivity contribution in [3.63, 3.8) is 0 Å². The van der Waals surface area contributed by atoms with Crippen molar-refractivity contribution in [3.8, 4) is 5.75 Å². The number of methoxy groups -OCH3 is 1. The molecule has 2 aromatic rings. The molecule has 2 aromatic heterocycles. The second-order valence-electron chi connectivity index (χ2n) is 4.09. The van der Waals surface area contributed by atoms with E-state index in [2.05, 4.69) is 10.1 Å². The first-order valence-corrected chi connectivity index (χ1v) is 6.00. The average Bonchev–Trinajstić information content (AvgIpc) is 2.82. The molecule has 2 rings (SSSR count). The third-order valence-corrected chi connectivity index (χ3v) is 2.89. The van der Waals surface area contributed by atoms with Gasteiger partial charge in [0.15, 0.2) is 5.75 Å². The maximum Gasteiger partial charge on any atom is 0.161 e. The van der Waals surface area contributed by atoms with Gasteiger partial charge in [0.25, 0.3) is 0 Å². The Morgan fingerprint density at radius 1 is 1.44 bits per heavy atom. The Hall–Kier alpha value is -1.88. The van der Waals surface area contributed by atoms with Crippen LogP contribution in [-0.2, 0) is 13.0 Å². The topological polar surface area (TPSA) is 66.0 Å². The van der Waals surface area contributed by atoms with Gasteiger partial charge in [-0.3, -0.25) is 9.67 Å². The molecule has 0 aromatic carbocycles. The molecule has 1 unspecified atom stereocenters. The molecule has 0 bridgehead atoms. The third-order valence-electron chi connectivity index (χ3n) is 2.89. The number of nitrogens with zero attached hydrogens (tertiary/aromatic N) is 3. The summed E-state index contributed by atoms with van der Waals surface area (Å²) in [4.78, 5) is 4.09. The summed E-state index contributed by atoms with van der Waals surface area (Å²) in [6.07, 6.45) is 6.02. The molecule has 5 nitrogen and oxygen atoms in total. The zero-order valence-electron chi connectivity index (χ0n) is 10.7. The van der Waals surface area contributed by atoms with Crippen LogP contribution >= 0.6 is 0 Å². The van der Waals surface area contributed by atoms with Gasteiger partial charge in [0.1, 0.15) is 0 Å². The Kier molecular flexibility index (Phi) is 3.94. The summed E-state index contributed by atoms with van der Waals surface area (Å²) >= 11 is 0. The van der Waals surface area contributed by atoms with E-state index >= 15 is 0 Å². The van der Waals surface area contributed by atoms with Gasteiger partial charge in [0.05, 0.1) is 25.0 Å². The van der Waals surface area contributed by atoms with E-state index in [1.54, 1.807) is 19.5 Å². The molecule has 0 radical (unpaired) electrons. The largest absolute Gasteiger partial charge is 0.493 e. The molecular formula is C13H18N4O. The van der Waals surface area contributed by atoms with Crippen molar-refractivity contribution in [3.05, 3.63) is 42.0 Å². The van der Waals surface area contributed by atoms with Crippen LogP contribution < -0.4 is 10.5 Å². The van der Waals surface area contributed by atoms with E-state index in [0.29, 0.717) is 0 Å². The van der Waals surface area contributed by atoms with Crippen LogP contribution in [0.5, 0.6) is 5.75 Å². The number of aromatic nitrogens is 3. The van der Waals surface area contributed by atoms with Crippen molar-refractivity contribution in [1.82, 2.24) is 14.8 Å². The Morgan fingerprint density at radius 3 is 2.89 bits per heavy atom. The van der Waals surface area contributed by atoms with Crippen molar-refractivity contribution in [2.24, 2.45) is 5.73 Å². The predicted octanol–water partition coefficient (Wildman–Crippen LogP) is 1.55. The van der Waals surface area contributed by atoms with E-state index in [4.69, 9.17) is 10.5 Å². The van der Waals surface area contributed by atoms with Crippen LogP contribution in [-0.4, -0.2) is 21.9 Å². The quantitative estimate of drug-likeness (QED) is 0.869. The zero-order valence-corrected chi connectivity index (χ0v) is 10.7. The molecule has 1 atom stereocenters. The number of ether oxygens (including phenoxy) is 1. The maximum atomic E-state index is 6.26. The highest BCUT2D eigenvalue weighted by Crippen LogP contribution is 2.25. The molecule has 2 heterocycles. The fraction of sp³-hybridized carbons (Fsp3) is 0.385. The first-order chi connectivity index (χ1) is 8.76. The normalized spacial score (nSPS) is 12.4. The predicted molar refractivity (Wildman–Crippen MR) is 69.3 cm³/mol. The van der Waals surface area contributed by atoms with E-state index in [-0.39, 0.29) is 6.04 Å². The standard InChI is InChI=1S/C13H18N4O/c1-3-17-13(12(18-2)9-16-17)11(14)7-10-5-4-6-15-8-10/h4-6,8-9,11H,3,7,14H2,1-2H3. The lowest BCUT2D eigenvalue weighted by Gasteiger charge is -2.15. The molecule has 0 saturated carbocycles. The van der Waals surface area contributed by atoms with Crippen molar-refractivity contribution < 1.29 is 4.74 Å². The molecule has 0 spiro atoms. The van der Waals surface area contributed by atoms with E-state index in [1.807, 2.05) is 29.9 Å². The fourth-order valence-electron chi connectivity index (χ4n) is 2.03. The molecule has 0 aliphatic rings. The number of pyridine rings is 1. The molecule has 0 aliphatic carbocycles. The first-order valence-electron chi connectivity index (χ1n) is 6.00. The molecule has 0 saturated heterocycles. The number of aryl methyl sites for hydroxylation is 1. The summed E-state index contributed by atoms with van der Waals surface area (Å²) in [5, 5.41) is 4.26. The summed E-state index contributed by atoms with van der Waals surface area (Å²) in [6, 6.07) is 3.79. The van der Waals surface area contributed by atoms with Crippen molar-refractivity contribution in [2.45, 2.75) is 25.9 Å². The summed E-state index contributed by atoms with van der Waals surface area (Å²) in [6.45, 7) is 2.81. The number of hydrogen-bond donors (Lipinski definition) is 1. The molecule has 0 aliphatic heterocycles. The van der Waals surface area contributed by atoms with Gasteiger partial charge in [-0.2, -0.15) is 5.10 Å². The van der Waals surface area contributed by atoms with Gasteiger partial charge in [-0.15, -0.1) is 0 Å². The lowest BCUT2D eigenvalue weighted by atomic mass is 10.1. The summed E-state index contributed by atoms with van der Waals surface area (Å²) < 4.78 is 7.18. The minimum absolute atomic E-state index is 0.147. The number of rotatable bonds is 5. The Morgan fingerprint density at radius 2 is 2.28 bits per heavy atom. The molecule has 0 amide bonds. The first kappa shape index (κ1) is 12.6. The van der Waals surface area contributed by atoms with Crippen LogP contribution in [0.1, 0.15) is 24.2 Å². The van der Waals surface area contributed by atoms with Gasteiger partial charge in [0, 0.05) is 18.9 Å². The van der Waals surface area contributed by atoms with Crippen molar-refractivity contribution >= 4 is 0 Å². The monoisotopic (exact) mass is 246 g/mol. The molecule has 96 valence electrons. The molecule has 5 heteroatoms. The molecular weight excluding hydrogens is 228 g/mol. The second-order valence-corrected chi connectivity index (χ2v) is 4.09. The number of nitrogens with two attached hydrogens (primary N) is 1. The van der Waals surface area contributed by atoms with Crippen LogP contribution in [0.2, 0.25) is 0 Å². The summed E-state index contributed by atoms with van der Waals surface area (Å²) in [7, 11) is 1.64. The van der Waals surface area contributed by atoms with Gasteiger partial charge < -0.3 is 10.5 Å². The molecule has 18 heavy (non-hydrogen) atoms. The van der Waals surface area contributed by atoms with Gasteiger partial charge >= 0.3 is 0 Å². The van der Waals surface area contributed by atoms with Crippen LogP contribution in [0.25, 0.3) is 0 Å². The van der Waals surface area contributed by atoms with Crippen molar-refractivity contribution in [2.75, 3.05) is 7.11 Å². The second kappa shape index (κ2) is 5.64. The highest BCUT2D eigenvalue weighted by Gasteiger charge is 2.18. The SMILES string of the molecule is CCn1ncc(OC)c1C(N)Cc1cccnc1.